The predicted molar refractivity (Wildman–Crippen MR) is 176 cm³/mol. The fourth-order valence-corrected chi connectivity index (χ4v) is 6.92. The van der Waals surface area contributed by atoms with Gasteiger partial charge in [-0.05, 0) is 92.6 Å². The lowest BCUT2D eigenvalue weighted by molar-refractivity contribution is -0.125. The van der Waals surface area contributed by atoms with Gasteiger partial charge in [-0.2, -0.15) is 5.26 Å². The molecule has 238 valence electrons. The minimum absolute atomic E-state index is 0.137. The first-order valence-corrected chi connectivity index (χ1v) is 16.2. The number of nitrogens with one attached hydrogen (secondary N) is 2. The first-order valence-electron chi connectivity index (χ1n) is 15.5. The Hall–Kier alpha value is -4.72. The fourth-order valence-electron chi connectivity index (χ4n) is 6.40. The summed E-state index contributed by atoms with van der Waals surface area (Å²) in [4.78, 5) is 52.6. The van der Waals surface area contributed by atoms with Crippen molar-refractivity contribution in [3.8, 4) is 6.07 Å². The highest BCUT2D eigenvalue weighted by molar-refractivity contribution is 6.35. The van der Waals surface area contributed by atoms with Gasteiger partial charge in [0, 0.05) is 22.7 Å². The molecule has 3 aliphatic rings. The summed E-state index contributed by atoms with van der Waals surface area (Å²) in [5.41, 5.74) is 0.883. The van der Waals surface area contributed by atoms with Crippen LogP contribution in [0.5, 0.6) is 0 Å². The largest absolute Gasteiger partial charge is 0.343 e. The van der Waals surface area contributed by atoms with Crippen LogP contribution in [-0.4, -0.2) is 37.8 Å². The maximum atomic E-state index is 14.3. The molecule has 12 heteroatoms. The van der Waals surface area contributed by atoms with Crippen molar-refractivity contribution in [1.82, 2.24) is 25.2 Å². The Balaban J connectivity index is 1.21. The number of nitrogens with zero attached hydrogens (tertiary/aromatic N) is 5. The smallest absolute Gasteiger partial charge is 0.270 e. The minimum atomic E-state index is -1.30. The average molecular weight is 669 g/mol. The second-order valence-corrected chi connectivity index (χ2v) is 13.7. The van der Waals surface area contributed by atoms with E-state index in [4.69, 9.17) is 23.2 Å². The number of halogens is 2. The SMILES string of the molecule is CCc1ccnc(C2(NC(=O)C3(NC(=O)c4cnc5n4[C@](C)(Cc4ccc(C#N)cc4)C(=O)N5c4cc(Cl)cc(Cl)c4)CC3)CC2)c1. The number of amides is 3. The summed E-state index contributed by atoms with van der Waals surface area (Å²) in [6.45, 7) is 3.82. The standard InChI is InChI=1S/C35H31Cl2N7O3/c1-3-21-8-13-39-28(14-21)34(9-10-34)42-30(46)35(11-12-35)41-29(45)27-20-40-32-43(26-16-24(36)15-25(37)17-26)31(47)33(2,44(27)32)18-22-4-6-23(19-38)7-5-22/h4-8,13-17,20H,3,9-12,18H2,1-2H3,(H,41,45)(H,42,46)/t33-/m1/s1. The molecule has 2 aromatic carbocycles. The van der Waals surface area contributed by atoms with Crippen molar-refractivity contribution in [3.63, 3.8) is 0 Å². The maximum Gasteiger partial charge on any atom is 0.270 e. The van der Waals surface area contributed by atoms with Gasteiger partial charge in [-0.3, -0.25) is 23.9 Å². The second kappa shape index (κ2) is 11.2. The van der Waals surface area contributed by atoms with Crippen LogP contribution < -0.4 is 15.5 Å². The van der Waals surface area contributed by atoms with E-state index in [1.165, 1.54) is 11.1 Å². The molecule has 0 unspecified atom stereocenters. The second-order valence-electron chi connectivity index (χ2n) is 12.8. The maximum absolute atomic E-state index is 14.3. The van der Waals surface area contributed by atoms with Crippen molar-refractivity contribution in [3.05, 3.63) is 105 Å². The Morgan fingerprint density at radius 1 is 0.957 bits per heavy atom. The van der Waals surface area contributed by atoms with E-state index in [1.54, 1.807) is 60.2 Å². The molecule has 0 radical (unpaired) electrons. The molecule has 2 aliphatic carbocycles. The zero-order chi connectivity index (χ0) is 33.1. The molecule has 2 saturated carbocycles. The quantitative estimate of drug-likeness (QED) is 0.234. The zero-order valence-corrected chi connectivity index (χ0v) is 27.3. The number of hydrogen-bond acceptors (Lipinski definition) is 6. The van der Waals surface area contributed by atoms with Crippen molar-refractivity contribution in [2.45, 2.75) is 69.0 Å². The molecule has 3 heterocycles. The van der Waals surface area contributed by atoms with Crippen molar-refractivity contribution in [2.75, 3.05) is 4.90 Å². The van der Waals surface area contributed by atoms with Crippen LogP contribution in [0.3, 0.4) is 0 Å². The van der Waals surface area contributed by atoms with Crippen LogP contribution in [0, 0.1) is 11.3 Å². The van der Waals surface area contributed by atoms with E-state index < -0.39 is 22.5 Å². The van der Waals surface area contributed by atoms with Crippen LogP contribution in [0.4, 0.5) is 11.6 Å². The molecule has 2 N–H and O–H groups in total. The lowest BCUT2D eigenvalue weighted by Gasteiger charge is -2.27. The summed E-state index contributed by atoms with van der Waals surface area (Å²) >= 11 is 12.6. The number of anilines is 2. The average Bonchev–Trinajstić information content (AvgIpc) is 3.96. The number of hydrogen-bond donors (Lipinski definition) is 2. The summed E-state index contributed by atoms with van der Waals surface area (Å²) in [7, 11) is 0. The lowest BCUT2D eigenvalue weighted by atomic mass is 9.91. The summed E-state index contributed by atoms with van der Waals surface area (Å²) < 4.78 is 1.62. The Bertz CT molecular complexity index is 1970. The molecule has 0 saturated heterocycles. The number of pyridine rings is 1. The predicted octanol–water partition coefficient (Wildman–Crippen LogP) is 5.72. The van der Waals surface area contributed by atoms with Gasteiger partial charge in [-0.15, -0.1) is 0 Å². The highest BCUT2D eigenvalue weighted by atomic mass is 35.5. The number of imidazole rings is 1. The van der Waals surface area contributed by atoms with E-state index >= 15 is 0 Å². The van der Waals surface area contributed by atoms with Crippen molar-refractivity contribution < 1.29 is 14.4 Å². The number of fused-ring (bicyclic) bond motifs is 1. The molecule has 1 atom stereocenters. The van der Waals surface area contributed by atoms with Crippen LogP contribution in [0.1, 0.15) is 72.4 Å². The van der Waals surface area contributed by atoms with Gasteiger partial charge >= 0.3 is 0 Å². The number of rotatable bonds is 9. The summed E-state index contributed by atoms with van der Waals surface area (Å²) in [5, 5.41) is 16.1. The van der Waals surface area contributed by atoms with Gasteiger partial charge in [0.1, 0.15) is 16.8 Å². The van der Waals surface area contributed by atoms with Crippen LogP contribution in [0.2, 0.25) is 10.0 Å². The van der Waals surface area contributed by atoms with E-state index in [0.717, 1.165) is 36.1 Å². The Kier molecular flexibility index (Phi) is 7.38. The molecule has 2 fully saturated rings. The molecule has 0 spiro atoms. The third-order valence-electron chi connectivity index (χ3n) is 9.43. The van der Waals surface area contributed by atoms with Gasteiger partial charge in [-0.1, -0.05) is 42.3 Å². The first-order chi connectivity index (χ1) is 22.5. The molecule has 1 aliphatic heterocycles. The third kappa shape index (κ3) is 5.33. The Labute approximate surface area is 281 Å². The van der Waals surface area contributed by atoms with Gasteiger partial charge in [0.05, 0.1) is 34.7 Å². The van der Waals surface area contributed by atoms with Gasteiger partial charge in [0.25, 0.3) is 11.8 Å². The molecule has 0 bridgehead atoms. The molecule has 47 heavy (non-hydrogen) atoms. The molecule has 2 aromatic heterocycles. The lowest BCUT2D eigenvalue weighted by Crippen LogP contribution is -2.52. The van der Waals surface area contributed by atoms with Crippen LogP contribution in [-0.2, 0) is 33.5 Å². The molecular formula is C35H31Cl2N7O3. The normalized spacial score (nSPS) is 19.9. The van der Waals surface area contributed by atoms with E-state index in [9.17, 15) is 19.6 Å². The van der Waals surface area contributed by atoms with E-state index in [-0.39, 0.29) is 29.9 Å². The third-order valence-corrected chi connectivity index (χ3v) is 9.87. The number of benzene rings is 2. The number of aromatic nitrogens is 3. The Morgan fingerprint density at radius 3 is 2.28 bits per heavy atom. The molecule has 7 rings (SSSR count). The van der Waals surface area contributed by atoms with Crippen molar-refractivity contribution >= 4 is 52.6 Å². The molecule has 4 aromatic rings. The van der Waals surface area contributed by atoms with Gasteiger partial charge in [-0.25, -0.2) is 9.88 Å². The number of carbonyl (C=O) groups is 3. The Morgan fingerprint density at radius 2 is 1.66 bits per heavy atom. The minimum Gasteiger partial charge on any atom is -0.343 e. The summed E-state index contributed by atoms with van der Waals surface area (Å²) in [5.74, 6) is -0.881. The van der Waals surface area contributed by atoms with Gasteiger partial charge in [0.2, 0.25) is 11.9 Å². The first kappa shape index (κ1) is 30.9. The van der Waals surface area contributed by atoms with Crippen molar-refractivity contribution in [1.29, 1.82) is 5.26 Å². The number of nitriles is 1. The fraction of sp³-hybridized carbons (Fsp3) is 0.314. The summed E-state index contributed by atoms with van der Waals surface area (Å²) in [6, 6.07) is 17.8. The van der Waals surface area contributed by atoms with Gasteiger partial charge < -0.3 is 10.6 Å². The highest BCUT2D eigenvalue weighted by Gasteiger charge is 2.57. The van der Waals surface area contributed by atoms with E-state index in [0.29, 0.717) is 34.1 Å². The summed E-state index contributed by atoms with van der Waals surface area (Å²) in [6.07, 6.45) is 6.78. The van der Waals surface area contributed by atoms with Crippen LogP contribution in [0.15, 0.2) is 67.0 Å². The molecular weight excluding hydrogens is 637 g/mol. The molecule has 10 nitrogen and oxygen atoms in total. The monoisotopic (exact) mass is 667 g/mol. The van der Waals surface area contributed by atoms with Crippen molar-refractivity contribution in [2.24, 2.45) is 0 Å². The zero-order valence-electron chi connectivity index (χ0n) is 25.8. The topological polar surface area (TPSA) is 133 Å². The number of carbonyl (C=O) groups excluding carboxylic acids is 3. The highest BCUT2D eigenvalue weighted by Crippen LogP contribution is 2.47. The van der Waals surface area contributed by atoms with Crippen LogP contribution in [0.25, 0.3) is 0 Å². The molecule has 3 amide bonds. The van der Waals surface area contributed by atoms with Gasteiger partial charge in [0.15, 0.2) is 0 Å². The van der Waals surface area contributed by atoms with E-state index in [2.05, 4.69) is 33.6 Å². The number of aryl methyl sites for hydroxylation is 1. The van der Waals surface area contributed by atoms with E-state index in [1.807, 2.05) is 12.1 Å². The van der Waals surface area contributed by atoms with Crippen LogP contribution >= 0.6 is 23.2 Å².